The van der Waals surface area contributed by atoms with E-state index in [1.807, 2.05) is 27.3 Å². The summed E-state index contributed by atoms with van der Waals surface area (Å²) in [5.74, 6) is -2.01. The van der Waals surface area contributed by atoms with Gasteiger partial charge in [-0.05, 0) is 60.7 Å². The Balaban J connectivity index is 3.03. The van der Waals surface area contributed by atoms with Gasteiger partial charge in [0.1, 0.15) is 0 Å². The van der Waals surface area contributed by atoms with E-state index < -0.39 is 28.0 Å². The summed E-state index contributed by atoms with van der Waals surface area (Å²) in [5.41, 5.74) is 0. The normalized spacial score (nSPS) is 11.3. The van der Waals surface area contributed by atoms with Crippen LogP contribution in [0.15, 0.2) is 29.2 Å². The van der Waals surface area contributed by atoms with Gasteiger partial charge in [-0.15, -0.1) is 0 Å². The van der Waals surface area contributed by atoms with E-state index in [1.165, 1.54) is 12.1 Å². The summed E-state index contributed by atoms with van der Waals surface area (Å²) in [6.07, 6.45) is 0. The van der Waals surface area contributed by atoms with Crippen molar-refractivity contribution in [3.63, 3.8) is 0 Å². The van der Waals surface area contributed by atoms with Crippen molar-refractivity contribution in [3.05, 3.63) is 27.8 Å². The summed E-state index contributed by atoms with van der Waals surface area (Å²) in [6, 6.07) is 4.20. The van der Waals surface area contributed by atoms with Gasteiger partial charge in [0.05, 0.1) is 18.1 Å². The number of carbonyl (C=O) groups is 2. The molecule has 7 nitrogen and oxygen atoms in total. The van der Waals surface area contributed by atoms with Crippen molar-refractivity contribution in [2.45, 2.75) is 24.8 Å². The minimum atomic E-state index is -4.06. The smallest absolute Gasteiger partial charge is 0.335 e. The van der Waals surface area contributed by atoms with Gasteiger partial charge in [0.15, 0.2) is 0 Å². The van der Waals surface area contributed by atoms with E-state index >= 15 is 0 Å². The van der Waals surface area contributed by atoms with Crippen molar-refractivity contribution in [1.29, 1.82) is 0 Å². The molecule has 9 heteroatoms. The molecule has 1 N–H and O–H groups in total. The lowest BCUT2D eigenvalue weighted by atomic mass is 10.3. The summed E-state index contributed by atoms with van der Waals surface area (Å²) >= 11 is 2.03. The molecule has 0 heterocycles. The number of hydrogen-bond acceptors (Lipinski definition) is 6. The van der Waals surface area contributed by atoms with E-state index in [0.29, 0.717) is 0 Å². The van der Waals surface area contributed by atoms with E-state index in [2.05, 4.69) is 0 Å². The van der Waals surface area contributed by atoms with Crippen LogP contribution in [0.1, 0.15) is 13.8 Å². The van der Waals surface area contributed by atoms with Crippen LogP contribution in [-0.4, -0.2) is 39.6 Å². The van der Waals surface area contributed by atoms with Crippen molar-refractivity contribution < 1.29 is 27.5 Å². The number of halogens is 1. The van der Waals surface area contributed by atoms with Crippen LogP contribution in [0.25, 0.3) is 0 Å². The molecule has 0 aliphatic heterocycles. The molecule has 0 aliphatic carbocycles. The maximum atomic E-state index is 12.2. The van der Waals surface area contributed by atoms with E-state index in [9.17, 15) is 18.0 Å². The number of nitrogens with one attached hydrogen (secondary N) is 1. The van der Waals surface area contributed by atoms with Crippen LogP contribution >= 0.6 is 22.6 Å². The van der Waals surface area contributed by atoms with Gasteiger partial charge in [0.2, 0.25) is 16.1 Å². The molecule has 0 saturated heterocycles. The predicted molar refractivity (Wildman–Crippen MR) is 86.5 cm³/mol. The van der Waals surface area contributed by atoms with Gasteiger partial charge >= 0.3 is 11.9 Å². The third-order valence-corrected chi connectivity index (χ3v) is 4.60. The molecule has 0 aliphatic rings. The van der Waals surface area contributed by atoms with Crippen molar-refractivity contribution in [3.8, 4) is 0 Å². The molecular formula is C13H16INO6S. The second-order valence-electron chi connectivity index (χ2n) is 4.01. The Kier molecular flexibility index (Phi) is 7.23. The van der Waals surface area contributed by atoms with Gasteiger partial charge in [0, 0.05) is 3.57 Å². The Morgan fingerprint density at radius 2 is 1.55 bits per heavy atom. The first-order valence-corrected chi connectivity index (χ1v) is 8.99. The number of carbonyl (C=O) groups excluding carboxylic acids is 2. The molecule has 0 saturated carbocycles. The van der Waals surface area contributed by atoms with Crippen LogP contribution in [0.3, 0.4) is 0 Å². The fourth-order valence-corrected chi connectivity index (χ4v) is 2.97. The Labute approximate surface area is 142 Å². The van der Waals surface area contributed by atoms with E-state index in [4.69, 9.17) is 9.47 Å². The first-order chi connectivity index (χ1) is 10.3. The first-order valence-electron chi connectivity index (χ1n) is 6.43. The Bertz CT molecular complexity index is 610. The third-order valence-electron chi connectivity index (χ3n) is 2.44. The largest absolute Gasteiger partial charge is 0.464 e. The number of ether oxygens (including phenoxy) is 2. The van der Waals surface area contributed by atoms with Gasteiger partial charge < -0.3 is 9.47 Å². The summed E-state index contributed by atoms with van der Waals surface area (Å²) in [5, 5.41) is 0. The standard InChI is InChI=1S/C13H16INO6S/c1-3-20-12(16)11(13(17)21-4-2)15-22(18,19)10-7-5-9(14)6-8-10/h5-8,11,15H,3-4H2,1-2H3. The highest BCUT2D eigenvalue weighted by atomic mass is 127. The molecule has 0 bridgehead atoms. The maximum Gasteiger partial charge on any atom is 0.335 e. The molecule has 0 radical (unpaired) electrons. The van der Waals surface area contributed by atoms with E-state index in [0.717, 1.165) is 3.57 Å². The van der Waals surface area contributed by atoms with Crippen molar-refractivity contribution >= 4 is 44.6 Å². The number of esters is 2. The average Bonchev–Trinajstić information content (AvgIpc) is 2.45. The molecule has 122 valence electrons. The molecule has 1 aromatic rings. The number of rotatable bonds is 7. The molecule has 1 rings (SSSR count). The minimum absolute atomic E-state index is 0.0139. The molecule has 0 amide bonds. The SMILES string of the molecule is CCOC(=O)C(NS(=O)(=O)c1ccc(I)cc1)C(=O)OCC. The Hall–Kier alpha value is -1.20. The van der Waals surface area contributed by atoms with Gasteiger partial charge in [-0.2, -0.15) is 4.72 Å². The zero-order valence-corrected chi connectivity index (χ0v) is 15.0. The fraction of sp³-hybridized carbons (Fsp3) is 0.385. The third kappa shape index (κ3) is 5.21. The highest BCUT2D eigenvalue weighted by Crippen LogP contribution is 2.13. The highest BCUT2D eigenvalue weighted by molar-refractivity contribution is 14.1. The first kappa shape index (κ1) is 18.8. The lowest BCUT2D eigenvalue weighted by Crippen LogP contribution is -2.48. The van der Waals surface area contributed by atoms with Gasteiger partial charge in [-0.25, -0.2) is 18.0 Å². The molecule has 0 spiro atoms. The van der Waals surface area contributed by atoms with Crippen LogP contribution in [0.5, 0.6) is 0 Å². The second kappa shape index (κ2) is 8.44. The lowest BCUT2D eigenvalue weighted by molar-refractivity contribution is -0.157. The molecule has 0 unspecified atom stereocenters. The molecule has 0 fully saturated rings. The zero-order chi connectivity index (χ0) is 16.8. The highest BCUT2D eigenvalue weighted by Gasteiger charge is 2.34. The number of benzene rings is 1. The van der Waals surface area contributed by atoms with Crippen molar-refractivity contribution in [1.82, 2.24) is 4.72 Å². The molecule has 22 heavy (non-hydrogen) atoms. The monoisotopic (exact) mass is 441 g/mol. The van der Waals surface area contributed by atoms with Crippen LogP contribution in [0.2, 0.25) is 0 Å². The average molecular weight is 441 g/mol. The van der Waals surface area contributed by atoms with Crippen LogP contribution in [0, 0.1) is 3.57 Å². The lowest BCUT2D eigenvalue weighted by Gasteiger charge is -2.16. The van der Waals surface area contributed by atoms with Crippen LogP contribution in [0.4, 0.5) is 0 Å². The zero-order valence-electron chi connectivity index (χ0n) is 12.0. The summed E-state index contributed by atoms with van der Waals surface area (Å²) in [4.78, 5) is 23.5. The topological polar surface area (TPSA) is 98.8 Å². The van der Waals surface area contributed by atoms with E-state index in [1.54, 1.807) is 26.0 Å². The summed E-state index contributed by atoms with van der Waals surface area (Å²) in [7, 11) is -4.06. The summed E-state index contributed by atoms with van der Waals surface area (Å²) < 4.78 is 36.8. The fourth-order valence-electron chi connectivity index (χ4n) is 1.48. The molecule has 1 aromatic carbocycles. The van der Waals surface area contributed by atoms with Gasteiger partial charge in [-0.1, -0.05) is 0 Å². The van der Waals surface area contributed by atoms with Crippen molar-refractivity contribution in [2.24, 2.45) is 0 Å². The van der Waals surface area contributed by atoms with Gasteiger partial charge in [-0.3, -0.25) is 0 Å². The molecular weight excluding hydrogens is 425 g/mol. The number of hydrogen-bond donors (Lipinski definition) is 1. The maximum absolute atomic E-state index is 12.2. The van der Waals surface area contributed by atoms with Gasteiger partial charge in [0.25, 0.3) is 0 Å². The molecule has 0 atom stereocenters. The minimum Gasteiger partial charge on any atom is -0.464 e. The predicted octanol–water partition coefficient (Wildman–Crippen LogP) is 1.06. The van der Waals surface area contributed by atoms with E-state index in [-0.39, 0.29) is 18.1 Å². The number of sulfonamides is 1. The Morgan fingerprint density at radius 3 is 1.95 bits per heavy atom. The van der Waals surface area contributed by atoms with Crippen LogP contribution < -0.4 is 4.72 Å². The Morgan fingerprint density at radius 1 is 1.09 bits per heavy atom. The quantitative estimate of drug-likeness (QED) is 0.386. The molecule has 0 aromatic heterocycles. The van der Waals surface area contributed by atoms with Crippen molar-refractivity contribution in [2.75, 3.05) is 13.2 Å². The van der Waals surface area contributed by atoms with Crippen LogP contribution in [-0.2, 0) is 29.1 Å². The second-order valence-corrected chi connectivity index (χ2v) is 6.97. The summed E-state index contributed by atoms with van der Waals surface area (Å²) in [6.45, 7) is 3.13.